The van der Waals surface area contributed by atoms with Gasteiger partial charge in [0.1, 0.15) is 12.1 Å². The van der Waals surface area contributed by atoms with Crippen molar-refractivity contribution in [2.75, 3.05) is 11.4 Å². The molecule has 0 saturated carbocycles. The zero-order valence-electron chi connectivity index (χ0n) is 23.2. The number of para-hydroxylation sites is 1. The van der Waals surface area contributed by atoms with E-state index in [0.717, 1.165) is 45.3 Å². The average Bonchev–Trinajstić information content (AvgIpc) is 3.51. The SMILES string of the molecule is Cc1ccccc1C1c2[nH]c3ccccc3c2CC2C(=O)N(c3ccc(C(=O)NCCc4ccccc4)cc3)C(=O)N21. The number of urea groups is 1. The number of carbonyl (C=O) groups is 3. The highest BCUT2D eigenvalue weighted by molar-refractivity contribution is 6.22. The maximum atomic E-state index is 14.1. The molecule has 5 aromatic rings. The minimum absolute atomic E-state index is 0.195. The number of aryl methyl sites for hydroxylation is 1. The average molecular weight is 555 g/mol. The molecule has 2 N–H and O–H groups in total. The number of aromatic nitrogens is 1. The van der Waals surface area contributed by atoms with Crippen LogP contribution in [0.4, 0.5) is 10.5 Å². The third-order valence-corrected chi connectivity index (χ3v) is 8.46. The summed E-state index contributed by atoms with van der Waals surface area (Å²) in [5.74, 6) is -0.450. The highest BCUT2D eigenvalue weighted by Gasteiger charge is 2.53. The first kappa shape index (κ1) is 25.8. The Morgan fingerprint density at radius 2 is 1.60 bits per heavy atom. The van der Waals surface area contributed by atoms with E-state index in [1.165, 1.54) is 4.90 Å². The molecule has 0 spiro atoms. The Labute approximate surface area is 243 Å². The fourth-order valence-corrected chi connectivity index (χ4v) is 6.36. The summed E-state index contributed by atoms with van der Waals surface area (Å²) in [5, 5.41) is 4.02. The number of nitrogens with one attached hydrogen (secondary N) is 2. The van der Waals surface area contributed by atoms with Gasteiger partial charge in [-0.3, -0.25) is 14.5 Å². The fraction of sp³-hybridized carbons (Fsp3) is 0.171. The van der Waals surface area contributed by atoms with E-state index in [0.29, 0.717) is 24.2 Å². The van der Waals surface area contributed by atoms with Gasteiger partial charge < -0.3 is 10.3 Å². The molecule has 1 fully saturated rings. The number of imide groups is 1. The molecule has 2 atom stereocenters. The molecule has 42 heavy (non-hydrogen) atoms. The Balaban J connectivity index is 1.17. The van der Waals surface area contributed by atoms with Gasteiger partial charge in [-0.05, 0) is 65.9 Å². The second-order valence-electron chi connectivity index (χ2n) is 10.9. The Morgan fingerprint density at radius 1 is 0.881 bits per heavy atom. The van der Waals surface area contributed by atoms with Gasteiger partial charge in [-0.1, -0.05) is 72.8 Å². The van der Waals surface area contributed by atoms with Crippen LogP contribution in [-0.2, 0) is 17.6 Å². The van der Waals surface area contributed by atoms with Crippen LogP contribution in [0.1, 0.15) is 44.3 Å². The number of carbonyl (C=O) groups excluding carboxylic acids is 3. The van der Waals surface area contributed by atoms with Crippen molar-refractivity contribution >= 4 is 34.4 Å². The van der Waals surface area contributed by atoms with Gasteiger partial charge in [-0.25, -0.2) is 9.69 Å². The minimum Gasteiger partial charge on any atom is -0.356 e. The van der Waals surface area contributed by atoms with Crippen LogP contribution in [0.2, 0.25) is 0 Å². The van der Waals surface area contributed by atoms with E-state index in [2.05, 4.69) is 16.4 Å². The van der Waals surface area contributed by atoms with Gasteiger partial charge in [0.05, 0.1) is 5.69 Å². The lowest BCUT2D eigenvalue weighted by Gasteiger charge is -2.36. The van der Waals surface area contributed by atoms with Crippen LogP contribution < -0.4 is 10.2 Å². The molecule has 2 unspecified atom stereocenters. The molecule has 3 heterocycles. The zero-order chi connectivity index (χ0) is 28.8. The lowest BCUT2D eigenvalue weighted by atomic mass is 9.87. The molecule has 7 heteroatoms. The Hall–Kier alpha value is -5.17. The summed E-state index contributed by atoms with van der Waals surface area (Å²) in [6.07, 6.45) is 1.17. The van der Waals surface area contributed by atoms with Crippen molar-refractivity contribution in [3.63, 3.8) is 0 Å². The second kappa shape index (κ2) is 10.3. The minimum atomic E-state index is -0.630. The topological polar surface area (TPSA) is 85.5 Å². The number of aromatic amines is 1. The van der Waals surface area contributed by atoms with Gasteiger partial charge in [0, 0.05) is 35.1 Å². The molecular weight excluding hydrogens is 524 g/mol. The fourth-order valence-electron chi connectivity index (χ4n) is 6.36. The first-order valence-electron chi connectivity index (χ1n) is 14.2. The molecule has 1 aromatic heterocycles. The summed E-state index contributed by atoms with van der Waals surface area (Å²) < 4.78 is 0. The Kier molecular flexibility index (Phi) is 6.35. The molecule has 0 aliphatic carbocycles. The predicted octanol–water partition coefficient (Wildman–Crippen LogP) is 5.93. The molecule has 2 aliphatic rings. The summed E-state index contributed by atoms with van der Waals surface area (Å²) in [5.41, 5.74) is 7.14. The van der Waals surface area contributed by atoms with Crippen LogP contribution in [0, 0.1) is 6.92 Å². The lowest BCUT2D eigenvalue weighted by molar-refractivity contribution is -0.120. The molecule has 0 radical (unpaired) electrons. The van der Waals surface area contributed by atoms with E-state index < -0.39 is 12.1 Å². The first-order valence-corrected chi connectivity index (χ1v) is 14.2. The standard InChI is InChI=1S/C35H30N4O3/c1-22-9-5-6-12-26(22)32-31-28(27-13-7-8-14-29(27)37-31)21-30-34(41)38(35(42)39(30)32)25-17-15-24(16-18-25)33(40)36-20-19-23-10-3-2-4-11-23/h2-18,30,32,37H,19-21H2,1H3,(H,36,40). The highest BCUT2D eigenvalue weighted by Crippen LogP contribution is 2.45. The summed E-state index contributed by atoms with van der Waals surface area (Å²) in [6.45, 7) is 2.55. The van der Waals surface area contributed by atoms with Crippen LogP contribution >= 0.6 is 0 Å². The van der Waals surface area contributed by atoms with E-state index in [-0.39, 0.29) is 17.8 Å². The van der Waals surface area contributed by atoms with Crippen LogP contribution in [-0.4, -0.2) is 40.3 Å². The molecule has 4 amide bonds. The molecule has 2 aliphatic heterocycles. The number of hydrogen-bond donors (Lipinski definition) is 2. The molecule has 208 valence electrons. The van der Waals surface area contributed by atoms with Gasteiger partial charge >= 0.3 is 6.03 Å². The highest BCUT2D eigenvalue weighted by atomic mass is 16.2. The molecular formula is C35H30N4O3. The first-order chi connectivity index (χ1) is 20.5. The number of fused-ring (bicyclic) bond motifs is 4. The van der Waals surface area contributed by atoms with E-state index in [1.54, 1.807) is 29.2 Å². The zero-order valence-corrected chi connectivity index (χ0v) is 23.2. The van der Waals surface area contributed by atoms with Crippen molar-refractivity contribution in [2.45, 2.75) is 31.8 Å². The van der Waals surface area contributed by atoms with Crippen LogP contribution in [0.15, 0.2) is 103 Å². The summed E-state index contributed by atoms with van der Waals surface area (Å²) >= 11 is 0. The predicted molar refractivity (Wildman–Crippen MR) is 162 cm³/mol. The Bertz CT molecular complexity index is 1830. The quantitative estimate of drug-likeness (QED) is 0.255. The number of nitrogens with zero attached hydrogens (tertiary/aromatic N) is 2. The second-order valence-corrected chi connectivity index (χ2v) is 10.9. The van der Waals surface area contributed by atoms with Gasteiger partial charge in [0.25, 0.3) is 11.8 Å². The van der Waals surface area contributed by atoms with Crippen molar-refractivity contribution in [3.8, 4) is 0 Å². The third-order valence-electron chi connectivity index (χ3n) is 8.46. The number of amides is 4. The molecule has 1 saturated heterocycles. The van der Waals surface area contributed by atoms with Crippen molar-refractivity contribution in [1.82, 2.24) is 15.2 Å². The number of rotatable bonds is 6. The summed E-state index contributed by atoms with van der Waals surface area (Å²) in [7, 11) is 0. The van der Waals surface area contributed by atoms with Crippen molar-refractivity contribution in [2.24, 2.45) is 0 Å². The molecule has 0 bridgehead atoms. The normalized spacial score (nSPS) is 17.8. The van der Waals surface area contributed by atoms with Crippen LogP contribution in [0.3, 0.4) is 0 Å². The van der Waals surface area contributed by atoms with E-state index >= 15 is 0 Å². The largest absolute Gasteiger partial charge is 0.356 e. The third kappa shape index (κ3) is 4.25. The molecule has 4 aromatic carbocycles. The number of benzene rings is 4. The van der Waals surface area contributed by atoms with Gasteiger partial charge in [0.15, 0.2) is 0 Å². The summed E-state index contributed by atoms with van der Waals surface area (Å²) in [6, 6.07) is 31.4. The van der Waals surface area contributed by atoms with Gasteiger partial charge in [0.2, 0.25) is 0 Å². The monoisotopic (exact) mass is 554 g/mol. The lowest BCUT2D eigenvalue weighted by Crippen LogP contribution is -2.44. The molecule has 7 rings (SSSR count). The maximum absolute atomic E-state index is 14.1. The number of hydrogen-bond acceptors (Lipinski definition) is 3. The van der Waals surface area contributed by atoms with E-state index in [4.69, 9.17) is 0 Å². The van der Waals surface area contributed by atoms with E-state index in [1.807, 2.05) is 79.7 Å². The van der Waals surface area contributed by atoms with Crippen molar-refractivity contribution in [1.29, 1.82) is 0 Å². The van der Waals surface area contributed by atoms with Crippen molar-refractivity contribution in [3.05, 3.63) is 137 Å². The van der Waals surface area contributed by atoms with Crippen molar-refractivity contribution < 1.29 is 14.4 Å². The van der Waals surface area contributed by atoms with Crippen LogP contribution in [0.5, 0.6) is 0 Å². The van der Waals surface area contributed by atoms with E-state index in [9.17, 15) is 14.4 Å². The number of anilines is 1. The van der Waals surface area contributed by atoms with Crippen LogP contribution in [0.25, 0.3) is 10.9 Å². The summed E-state index contributed by atoms with van der Waals surface area (Å²) in [4.78, 5) is 47.4. The smallest absolute Gasteiger partial charge is 0.332 e. The maximum Gasteiger partial charge on any atom is 0.332 e. The Morgan fingerprint density at radius 3 is 2.38 bits per heavy atom. The van der Waals surface area contributed by atoms with Gasteiger partial charge in [-0.15, -0.1) is 0 Å². The number of H-pyrrole nitrogens is 1. The van der Waals surface area contributed by atoms with Gasteiger partial charge in [-0.2, -0.15) is 0 Å². The molecule has 7 nitrogen and oxygen atoms in total.